The molecule has 0 aliphatic carbocycles. The third kappa shape index (κ3) is 2.12. The van der Waals surface area contributed by atoms with Crippen LogP contribution in [0.5, 0.6) is 0 Å². The number of H-pyrrole nitrogens is 1. The summed E-state index contributed by atoms with van der Waals surface area (Å²) in [6, 6.07) is 0. The topological polar surface area (TPSA) is 105 Å². The molecule has 7 nitrogen and oxygen atoms in total. The Hall–Kier alpha value is -1.44. The van der Waals surface area contributed by atoms with Crippen LogP contribution in [0.1, 0.15) is 25.1 Å². The van der Waals surface area contributed by atoms with Crippen molar-refractivity contribution in [3.63, 3.8) is 0 Å². The number of ether oxygens (including phenoxy) is 1. The second kappa shape index (κ2) is 4.34. The summed E-state index contributed by atoms with van der Waals surface area (Å²) in [5, 5.41) is 19.1. The molecule has 3 atom stereocenters. The largest absolute Gasteiger partial charge is 0.394 e. The average molecular weight is 256 g/mol. The highest BCUT2D eigenvalue weighted by molar-refractivity contribution is 5.03. The van der Waals surface area contributed by atoms with Crippen molar-refractivity contribution in [1.82, 2.24) is 9.55 Å². The van der Waals surface area contributed by atoms with Gasteiger partial charge in [0.05, 0.1) is 12.2 Å². The molecule has 0 bridgehead atoms. The molecule has 7 heteroatoms. The zero-order valence-corrected chi connectivity index (χ0v) is 10.2. The van der Waals surface area contributed by atoms with E-state index in [2.05, 4.69) is 4.98 Å². The first-order chi connectivity index (χ1) is 8.35. The molecule has 1 aromatic heterocycles. The Balaban J connectivity index is 2.38. The molecule has 100 valence electrons. The van der Waals surface area contributed by atoms with Gasteiger partial charge in [-0.05, 0) is 13.8 Å². The van der Waals surface area contributed by atoms with Gasteiger partial charge in [0.2, 0.25) is 0 Å². The molecule has 1 fully saturated rings. The van der Waals surface area contributed by atoms with Gasteiger partial charge in [-0.3, -0.25) is 14.3 Å². The lowest BCUT2D eigenvalue weighted by molar-refractivity contribution is -0.0753. The van der Waals surface area contributed by atoms with Gasteiger partial charge >= 0.3 is 5.69 Å². The summed E-state index contributed by atoms with van der Waals surface area (Å²) >= 11 is 0. The van der Waals surface area contributed by atoms with Crippen LogP contribution in [0.3, 0.4) is 0 Å². The summed E-state index contributed by atoms with van der Waals surface area (Å²) in [6.45, 7) is 2.78. The predicted octanol–water partition coefficient (Wildman–Crippen LogP) is -1.12. The van der Waals surface area contributed by atoms with Gasteiger partial charge in [-0.1, -0.05) is 0 Å². The molecule has 0 aromatic carbocycles. The van der Waals surface area contributed by atoms with E-state index in [1.165, 1.54) is 17.7 Å². The maximum Gasteiger partial charge on any atom is 0.330 e. The first-order valence-corrected chi connectivity index (χ1v) is 5.66. The van der Waals surface area contributed by atoms with E-state index in [0.29, 0.717) is 5.56 Å². The SMILES string of the molecule is Cc1cn([C@H]2C[C@@](C)(O)[C@@H](CO)O2)c(=O)[nH]c1=O. The Morgan fingerprint density at radius 2 is 2.28 bits per heavy atom. The lowest BCUT2D eigenvalue weighted by atomic mass is 9.98. The van der Waals surface area contributed by atoms with Crippen molar-refractivity contribution in [3.8, 4) is 0 Å². The molecule has 0 spiro atoms. The van der Waals surface area contributed by atoms with Gasteiger partial charge < -0.3 is 14.9 Å². The summed E-state index contributed by atoms with van der Waals surface area (Å²) in [6.07, 6.45) is 0.118. The fourth-order valence-electron chi connectivity index (χ4n) is 2.07. The maximum absolute atomic E-state index is 11.7. The molecule has 1 saturated heterocycles. The van der Waals surface area contributed by atoms with Crippen molar-refractivity contribution < 1.29 is 14.9 Å². The second-order valence-electron chi connectivity index (χ2n) is 4.80. The number of aliphatic hydroxyl groups is 2. The zero-order valence-electron chi connectivity index (χ0n) is 10.2. The van der Waals surface area contributed by atoms with E-state index in [4.69, 9.17) is 9.84 Å². The van der Waals surface area contributed by atoms with Gasteiger partial charge in [0.1, 0.15) is 12.3 Å². The van der Waals surface area contributed by atoms with Gasteiger partial charge in [0, 0.05) is 18.2 Å². The number of nitrogens with one attached hydrogen (secondary N) is 1. The zero-order chi connectivity index (χ0) is 13.5. The van der Waals surface area contributed by atoms with E-state index in [-0.39, 0.29) is 13.0 Å². The standard InChI is InChI=1S/C11H16N2O5/c1-6-4-13(10(16)12-9(6)15)8-3-11(2,17)7(5-14)18-8/h4,7-8,14,17H,3,5H2,1-2H3,(H,12,15,16)/t7-,8-,11-/m1/s1. The monoisotopic (exact) mass is 256 g/mol. The van der Waals surface area contributed by atoms with Gasteiger partial charge in [0.25, 0.3) is 5.56 Å². The third-order valence-electron chi connectivity index (χ3n) is 3.22. The quantitative estimate of drug-likeness (QED) is 0.621. The van der Waals surface area contributed by atoms with Crippen LogP contribution in [-0.4, -0.2) is 38.1 Å². The number of hydrogen-bond acceptors (Lipinski definition) is 5. The smallest absolute Gasteiger partial charge is 0.330 e. The van der Waals surface area contributed by atoms with Crippen LogP contribution in [0.4, 0.5) is 0 Å². The highest BCUT2D eigenvalue weighted by Gasteiger charge is 2.44. The molecule has 0 amide bonds. The minimum Gasteiger partial charge on any atom is -0.394 e. The van der Waals surface area contributed by atoms with Crippen molar-refractivity contribution in [2.75, 3.05) is 6.61 Å². The predicted molar refractivity (Wildman–Crippen MR) is 62.3 cm³/mol. The molecular formula is C11H16N2O5. The maximum atomic E-state index is 11.7. The molecule has 0 saturated carbocycles. The van der Waals surface area contributed by atoms with Crippen molar-refractivity contribution >= 4 is 0 Å². The van der Waals surface area contributed by atoms with Crippen LogP contribution < -0.4 is 11.2 Å². The van der Waals surface area contributed by atoms with Gasteiger partial charge in [-0.2, -0.15) is 0 Å². The van der Waals surface area contributed by atoms with Crippen molar-refractivity contribution in [2.24, 2.45) is 0 Å². The highest BCUT2D eigenvalue weighted by atomic mass is 16.5. The minimum absolute atomic E-state index is 0.170. The number of aromatic amines is 1. The Bertz CT molecular complexity index is 559. The molecule has 0 radical (unpaired) electrons. The second-order valence-corrected chi connectivity index (χ2v) is 4.80. The van der Waals surface area contributed by atoms with E-state index in [0.717, 1.165) is 0 Å². The van der Waals surface area contributed by atoms with E-state index in [1.807, 2.05) is 0 Å². The van der Waals surface area contributed by atoms with Crippen LogP contribution in [-0.2, 0) is 4.74 Å². The molecular weight excluding hydrogens is 240 g/mol. The first kappa shape index (κ1) is 13.0. The summed E-state index contributed by atoms with van der Waals surface area (Å²) < 4.78 is 6.65. The molecule has 18 heavy (non-hydrogen) atoms. The normalized spacial score (nSPS) is 31.8. The molecule has 1 aromatic rings. The fraction of sp³-hybridized carbons (Fsp3) is 0.636. The van der Waals surface area contributed by atoms with Crippen molar-refractivity contribution in [1.29, 1.82) is 0 Å². The number of nitrogens with zero attached hydrogens (tertiary/aromatic N) is 1. The van der Waals surface area contributed by atoms with E-state index < -0.39 is 29.2 Å². The van der Waals surface area contributed by atoms with Crippen LogP contribution in [0.15, 0.2) is 15.8 Å². The average Bonchev–Trinajstić information content (AvgIpc) is 2.58. The van der Waals surface area contributed by atoms with Crippen LogP contribution >= 0.6 is 0 Å². The molecule has 1 aliphatic heterocycles. The number of hydrogen-bond donors (Lipinski definition) is 3. The Kier molecular flexibility index (Phi) is 3.14. The summed E-state index contributed by atoms with van der Waals surface area (Å²) in [7, 11) is 0. The van der Waals surface area contributed by atoms with Crippen molar-refractivity contribution in [2.45, 2.75) is 38.2 Å². The third-order valence-corrected chi connectivity index (χ3v) is 3.22. The van der Waals surface area contributed by atoms with E-state index in [9.17, 15) is 14.7 Å². The summed E-state index contributed by atoms with van der Waals surface area (Å²) in [5.41, 5.74) is -1.86. The fourth-order valence-corrected chi connectivity index (χ4v) is 2.07. The molecule has 0 unspecified atom stereocenters. The van der Waals surface area contributed by atoms with Crippen LogP contribution in [0.2, 0.25) is 0 Å². The summed E-state index contributed by atoms with van der Waals surface area (Å²) in [5.74, 6) is 0. The first-order valence-electron chi connectivity index (χ1n) is 5.66. The highest BCUT2D eigenvalue weighted by Crippen LogP contribution is 2.35. The molecule has 2 rings (SSSR count). The summed E-state index contributed by atoms with van der Waals surface area (Å²) in [4.78, 5) is 25.1. The Morgan fingerprint density at radius 3 is 2.83 bits per heavy atom. The number of rotatable bonds is 2. The van der Waals surface area contributed by atoms with Crippen LogP contribution in [0.25, 0.3) is 0 Å². The van der Waals surface area contributed by atoms with Gasteiger partial charge in [-0.15, -0.1) is 0 Å². The number of aromatic nitrogens is 2. The van der Waals surface area contributed by atoms with Crippen molar-refractivity contribution in [3.05, 3.63) is 32.6 Å². The molecule has 2 heterocycles. The Morgan fingerprint density at radius 1 is 1.61 bits per heavy atom. The number of aliphatic hydroxyl groups excluding tert-OH is 1. The Labute approximate surface area is 103 Å². The van der Waals surface area contributed by atoms with Gasteiger partial charge in [-0.25, -0.2) is 4.79 Å². The van der Waals surface area contributed by atoms with E-state index in [1.54, 1.807) is 6.92 Å². The molecule has 3 N–H and O–H groups in total. The minimum atomic E-state index is -1.21. The van der Waals surface area contributed by atoms with Crippen LogP contribution in [0, 0.1) is 6.92 Å². The lowest BCUT2D eigenvalue weighted by Crippen LogP contribution is -2.37. The van der Waals surface area contributed by atoms with E-state index >= 15 is 0 Å². The molecule has 1 aliphatic rings. The number of aryl methyl sites for hydroxylation is 1. The lowest BCUT2D eigenvalue weighted by Gasteiger charge is -2.20. The van der Waals surface area contributed by atoms with Gasteiger partial charge in [0.15, 0.2) is 0 Å².